The van der Waals surface area contributed by atoms with E-state index in [0.717, 1.165) is 11.1 Å². The SMILES string of the molecule is CNCc1ccc(Br)c(S(=O)(=O)N(C)Cc2ccsc2)c1. The highest BCUT2D eigenvalue weighted by atomic mass is 79.9. The molecule has 2 rings (SSSR count). The highest BCUT2D eigenvalue weighted by Crippen LogP contribution is 2.26. The molecular formula is C14H17BrN2O2S2. The summed E-state index contributed by atoms with van der Waals surface area (Å²) in [5, 5.41) is 6.93. The Hall–Kier alpha value is -0.730. The number of nitrogens with one attached hydrogen (secondary N) is 1. The molecule has 0 aliphatic rings. The van der Waals surface area contributed by atoms with E-state index in [2.05, 4.69) is 21.2 Å². The minimum absolute atomic E-state index is 0.299. The summed E-state index contributed by atoms with van der Waals surface area (Å²) in [4.78, 5) is 0.299. The molecule has 1 heterocycles. The standard InChI is InChI=1S/C14H17BrN2O2S2/c1-16-8-11-3-4-13(15)14(7-11)21(18,19)17(2)9-12-5-6-20-10-12/h3-7,10,16H,8-9H2,1-2H3. The monoisotopic (exact) mass is 388 g/mol. The summed E-state index contributed by atoms with van der Waals surface area (Å²) in [6.07, 6.45) is 0. The maximum Gasteiger partial charge on any atom is 0.244 e. The summed E-state index contributed by atoms with van der Waals surface area (Å²) in [6, 6.07) is 7.32. The first-order valence-corrected chi connectivity index (χ1v) is 9.53. The molecule has 1 aromatic heterocycles. The van der Waals surface area contributed by atoms with Gasteiger partial charge in [0.2, 0.25) is 10.0 Å². The molecule has 0 radical (unpaired) electrons. The fourth-order valence-electron chi connectivity index (χ4n) is 1.95. The van der Waals surface area contributed by atoms with Gasteiger partial charge in [0.25, 0.3) is 0 Å². The zero-order valence-electron chi connectivity index (χ0n) is 11.8. The zero-order chi connectivity index (χ0) is 15.5. The van der Waals surface area contributed by atoms with Gasteiger partial charge < -0.3 is 5.32 Å². The predicted octanol–water partition coefficient (Wildman–Crippen LogP) is 3.05. The van der Waals surface area contributed by atoms with Gasteiger partial charge in [-0.25, -0.2) is 8.42 Å². The van der Waals surface area contributed by atoms with Gasteiger partial charge in [0.15, 0.2) is 0 Å². The van der Waals surface area contributed by atoms with Crippen LogP contribution in [0, 0.1) is 0 Å². The molecule has 0 unspecified atom stereocenters. The number of benzene rings is 1. The number of hydrogen-bond donors (Lipinski definition) is 1. The summed E-state index contributed by atoms with van der Waals surface area (Å²) in [5.74, 6) is 0. The third-order valence-electron chi connectivity index (χ3n) is 3.05. The first kappa shape index (κ1) is 16.6. The molecule has 2 aromatic rings. The normalized spacial score (nSPS) is 12.0. The molecule has 0 aliphatic carbocycles. The number of sulfonamides is 1. The van der Waals surface area contributed by atoms with Crippen molar-refractivity contribution < 1.29 is 8.42 Å². The first-order valence-electron chi connectivity index (χ1n) is 6.35. The minimum Gasteiger partial charge on any atom is -0.316 e. The molecule has 1 N–H and O–H groups in total. The predicted molar refractivity (Wildman–Crippen MR) is 89.9 cm³/mol. The van der Waals surface area contributed by atoms with E-state index in [0.29, 0.717) is 22.5 Å². The van der Waals surface area contributed by atoms with E-state index in [4.69, 9.17) is 0 Å². The smallest absolute Gasteiger partial charge is 0.244 e. The van der Waals surface area contributed by atoms with Crippen molar-refractivity contribution in [2.45, 2.75) is 18.0 Å². The second-order valence-electron chi connectivity index (χ2n) is 4.69. The Bertz CT molecular complexity index is 700. The molecule has 0 bridgehead atoms. The Morgan fingerprint density at radius 3 is 2.67 bits per heavy atom. The van der Waals surface area contributed by atoms with Crippen molar-refractivity contribution in [3.05, 3.63) is 50.6 Å². The number of halogens is 1. The van der Waals surface area contributed by atoms with Gasteiger partial charge in [-0.2, -0.15) is 15.6 Å². The second kappa shape index (κ2) is 7.02. The quantitative estimate of drug-likeness (QED) is 0.826. The van der Waals surface area contributed by atoms with Crippen molar-refractivity contribution in [3.63, 3.8) is 0 Å². The number of thiophene rings is 1. The molecule has 0 atom stereocenters. The summed E-state index contributed by atoms with van der Waals surface area (Å²) >= 11 is 4.90. The lowest BCUT2D eigenvalue weighted by atomic mass is 10.2. The van der Waals surface area contributed by atoms with Crippen LogP contribution in [0.2, 0.25) is 0 Å². The van der Waals surface area contributed by atoms with Crippen LogP contribution in [-0.2, 0) is 23.1 Å². The van der Waals surface area contributed by atoms with Crippen LogP contribution in [-0.4, -0.2) is 26.8 Å². The Balaban J connectivity index is 2.31. The average molecular weight is 389 g/mol. The summed E-state index contributed by atoms with van der Waals surface area (Å²) < 4.78 is 27.4. The average Bonchev–Trinajstić information content (AvgIpc) is 2.94. The lowest BCUT2D eigenvalue weighted by molar-refractivity contribution is 0.466. The molecule has 0 aliphatic heterocycles. The third-order valence-corrected chi connectivity index (χ3v) is 6.58. The summed E-state index contributed by atoms with van der Waals surface area (Å²) in [7, 11) is -0.0896. The fraction of sp³-hybridized carbons (Fsp3) is 0.286. The molecule has 0 saturated carbocycles. The molecule has 21 heavy (non-hydrogen) atoms. The third kappa shape index (κ3) is 3.92. The maximum absolute atomic E-state index is 12.7. The molecule has 0 fully saturated rings. The van der Waals surface area contributed by atoms with E-state index in [1.807, 2.05) is 29.9 Å². The molecule has 1 aromatic carbocycles. The largest absolute Gasteiger partial charge is 0.316 e. The lowest BCUT2D eigenvalue weighted by Gasteiger charge is -2.18. The summed E-state index contributed by atoms with van der Waals surface area (Å²) in [5.41, 5.74) is 1.93. The van der Waals surface area contributed by atoms with Gasteiger partial charge in [0.1, 0.15) is 0 Å². The Kier molecular flexibility index (Phi) is 5.56. The Morgan fingerprint density at radius 1 is 1.29 bits per heavy atom. The highest BCUT2D eigenvalue weighted by molar-refractivity contribution is 9.10. The van der Waals surface area contributed by atoms with Gasteiger partial charge in [-0.15, -0.1) is 0 Å². The molecule has 0 saturated heterocycles. The zero-order valence-corrected chi connectivity index (χ0v) is 15.1. The van der Waals surface area contributed by atoms with E-state index in [1.165, 1.54) is 4.31 Å². The van der Waals surface area contributed by atoms with Crippen molar-refractivity contribution in [3.8, 4) is 0 Å². The first-order chi connectivity index (χ1) is 9.95. The number of rotatable bonds is 6. The molecule has 114 valence electrons. The fourth-order valence-corrected chi connectivity index (χ4v) is 4.74. The minimum atomic E-state index is -3.52. The number of hydrogen-bond acceptors (Lipinski definition) is 4. The Morgan fingerprint density at radius 2 is 2.05 bits per heavy atom. The Labute approximate surface area is 138 Å². The molecule has 0 amide bonds. The maximum atomic E-state index is 12.7. The van der Waals surface area contributed by atoms with Crippen molar-refractivity contribution in [2.24, 2.45) is 0 Å². The van der Waals surface area contributed by atoms with Gasteiger partial charge in [0, 0.05) is 24.6 Å². The molecule has 7 heteroatoms. The van der Waals surface area contributed by atoms with Crippen molar-refractivity contribution in [2.75, 3.05) is 14.1 Å². The van der Waals surface area contributed by atoms with Crippen molar-refractivity contribution in [1.29, 1.82) is 0 Å². The van der Waals surface area contributed by atoms with E-state index in [-0.39, 0.29) is 0 Å². The van der Waals surface area contributed by atoms with Crippen LogP contribution in [0.4, 0.5) is 0 Å². The van der Waals surface area contributed by atoms with Crippen molar-refractivity contribution in [1.82, 2.24) is 9.62 Å². The highest BCUT2D eigenvalue weighted by Gasteiger charge is 2.24. The van der Waals surface area contributed by atoms with E-state index < -0.39 is 10.0 Å². The lowest BCUT2D eigenvalue weighted by Crippen LogP contribution is -2.26. The second-order valence-corrected chi connectivity index (χ2v) is 8.34. The van der Waals surface area contributed by atoms with Crippen LogP contribution in [0.1, 0.15) is 11.1 Å². The van der Waals surface area contributed by atoms with Gasteiger partial charge >= 0.3 is 0 Å². The van der Waals surface area contributed by atoms with E-state index in [9.17, 15) is 8.42 Å². The van der Waals surface area contributed by atoms with Crippen LogP contribution in [0.25, 0.3) is 0 Å². The number of nitrogens with zero attached hydrogens (tertiary/aromatic N) is 1. The van der Waals surface area contributed by atoms with Gasteiger partial charge in [0.05, 0.1) is 4.90 Å². The van der Waals surface area contributed by atoms with Gasteiger partial charge in [-0.05, 0) is 63.1 Å². The van der Waals surface area contributed by atoms with E-state index in [1.54, 1.807) is 30.5 Å². The van der Waals surface area contributed by atoms with Crippen LogP contribution in [0.15, 0.2) is 44.4 Å². The van der Waals surface area contributed by atoms with Gasteiger partial charge in [-0.3, -0.25) is 0 Å². The van der Waals surface area contributed by atoms with Crippen LogP contribution in [0.3, 0.4) is 0 Å². The van der Waals surface area contributed by atoms with Crippen molar-refractivity contribution >= 4 is 37.3 Å². The molecule has 4 nitrogen and oxygen atoms in total. The van der Waals surface area contributed by atoms with E-state index >= 15 is 0 Å². The van der Waals surface area contributed by atoms with Gasteiger partial charge in [-0.1, -0.05) is 6.07 Å². The molecule has 0 spiro atoms. The molecular weight excluding hydrogens is 372 g/mol. The van der Waals surface area contributed by atoms with Crippen LogP contribution < -0.4 is 5.32 Å². The van der Waals surface area contributed by atoms with Crippen LogP contribution >= 0.6 is 27.3 Å². The van der Waals surface area contributed by atoms with Crippen LogP contribution in [0.5, 0.6) is 0 Å². The topological polar surface area (TPSA) is 49.4 Å². The summed E-state index contributed by atoms with van der Waals surface area (Å²) in [6.45, 7) is 0.999.